The summed E-state index contributed by atoms with van der Waals surface area (Å²) < 4.78 is 12.0. The van der Waals surface area contributed by atoms with E-state index in [9.17, 15) is 4.21 Å². The van der Waals surface area contributed by atoms with Crippen molar-refractivity contribution < 1.29 is 4.21 Å². The first-order chi connectivity index (χ1) is 7.16. The highest BCUT2D eigenvalue weighted by Crippen LogP contribution is 2.30. The standard InChI is InChI=1S/C11H14ClNOS/c12-9-4-5-11(10(13)6-9)15(14)7-8-2-1-3-8/h4-6,8H,1-3,7,13H2. The van der Waals surface area contributed by atoms with Crippen LogP contribution in [0, 0.1) is 5.92 Å². The number of hydrogen-bond acceptors (Lipinski definition) is 2. The van der Waals surface area contributed by atoms with E-state index in [4.69, 9.17) is 17.3 Å². The number of halogens is 1. The second-order valence-corrected chi connectivity index (χ2v) is 5.89. The van der Waals surface area contributed by atoms with Gasteiger partial charge >= 0.3 is 0 Å². The van der Waals surface area contributed by atoms with E-state index in [1.54, 1.807) is 18.2 Å². The van der Waals surface area contributed by atoms with Crippen LogP contribution in [0.3, 0.4) is 0 Å². The Balaban J connectivity index is 2.10. The Morgan fingerprint density at radius 3 is 2.73 bits per heavy atom. The fourth-order valence-electron chi connectivity index (χ4n) is 1.69. The van der Waals surface area contributed by atoms with Crippen molar-refractivity contribution in [2.24, 2.45) is 5.92 Å². The van der Waals surface area contributed by atoms with Crippen molar-refractivity contribution in [3.63, 3.8) is 0 Å². The molecule has 2 rings (SSSR count). The Kier molecular flexibility index (Phi) is 3.32. The van der Waals surface area contributed by atoms with Crippen molar-refractivity contribution in [2.45, 2.75) is 24.2 Å². The lowest BCUT2D eigenvalue weighted by atomic mass is 9.87. The number of nitrogens with two attached hydrogens (primary N) is 1. The van der Waals surface area contributed by atoms with Gasteiger partial charge in [-0.15, -0.1) is 0 Å². The molecule has 0 aromatic heterocycles. The highest BCUT2D eigenvalue weighted by Gasteiger charge is 2.21. The smallest absolute Gasteiger partial charge is 0.0618 e. The molecule has 1 atom stereocenters. The van der Waals surface area contributed by atoms with Crippen molar-refractivity contribution >= 4 is 28.1 Å². The highest BCUT2D eigenvalue weighted by molar-refractivity contribution is 7.85. The van der Waals surface area contributed by atoms with Crippen molar-refractivity contribution in [1.82, 2.24) is 0 Å². The van der Waals surface area contributed by atoms with Gasteiger partial charge in [-0.1, -0.05) is 18.0 Å². The van der Waals surface area contributed by atoms with Crippen LogP contribution in [0.15, 0.2) is 23.1 Å². The summed E-state index contributed by atoms with van der Waals surface area (Å²) in [5.74, 6) is 1.37. The molecule has 2 nitrogen and oxygen atoms in total. The summed E-state index contributed by atoms with van der Waals surface area (Å²) in [6.45, 7) is 0. The molecular formula is C11H14ClNOS. The third-order valence-corrected chi connectivity index (χ3v) is 4.70. The molecular weight excluding hydrogens is 230 g/mol. The van der Waals surface area contributed by atoms with Gasteiger partial charge in [0, 0.05) is 16.5 Å². The van der Waals surface area contributed by atoms with Crippen LogP contribution in [0.25, 0.3) is 0 Å². The summed E-state index contributed by atoms with van der Waals surface area (Å²) in [5.41, 5.74) is 6.32. The molecule has 1 aromatic carbocycles. The zero-order valence-corrected chi connectivity index (χ0v) is 9.98. The average Bonchev–Trinajstić information content (AvgIpc) is 2.11. The number of anilines is 1. The molecule has 0 heterocycles. The van der Waals surface area contributed by atoms with Gasteiger partial charge in [-0.2, -0.15) is 0 Å². The molecule has 0 aliphatic heterocycles. The molecule has 0 amide bonds. The van der Waals surface area contributed by atoms with Gasteiger partial charge in [0.25, 0.3) is 0 Å². The normalized spacial score (nSPS) is 18.5. The zero-order valence-electron chi connectivity index (χ0n) is 8.41. The summed E-state index contributed by atoms with van der Waals surface area (Å²) in [4.78, 5) is 0.728. The van der Waals surface area contributed by atoms with Crippen LogP contribution in [0.1, 0.15) is 19.3 Å². The summed E-state index contributed by atoms with van der Waals surface area (Å²) >= 11 is 5.79. The molecule has 4 heteroatoms. The van der Waals surface area contributed by atoms with Gasteiger partial charge in [0.15, 0.2) is 0 Å². The molecule has 1 unspecified atom stereocenters. The van der Waals surface area contributed by atoms with Gasteiger partial charge < -0.3 is 5.73 Å². The maximum absolute atomic E-state index is 12.0. The second-order valence-electron chi connectivity index (χ2n) is 3.99. The summed E-state index contributed by atoms with van der Waals surface area (Å²) in [6.07, 6.45) is 3.69. The van der Waals surface area contributed by atoms with E-state index in [-0.39, 0.29) is 0 Å². The van der Waals surface area contributed by atoms with Crippen LogP contribution >= 0.6 is 11.6 Å². The van der Waals surface area contributed by atoms with E-state index in [1.165, 1.54) is 19.3 Å². The molecule has 1 aromatic rings. The van der Waals surface area contributed by atoms with Gasteiger partial charge in [0.05, 0.1) is 15.7 Å². The van der Waals surface area contributed by atoms with E-state index < -0.39 is 10.8 Å². The minimum Gasteiger partial charge on any atom is -0.398 e. The van der Waals surface area contributed by atoms with Crippen LogP contribution in [-0.4, -0.2) is 9.96 Å². The molecule has 1 aliphatic rings. The van der Waals surface area contributed by atoms with Gasteiger partial charge in [0.1, 0.15) is 0 Å². The molecule has 1 fully saturated rings. The van der Waals surface area contributed by atoms with Crippen molar-refractivity contribution in [3.8, 4) is 0 Å². The first-order valence-corrected chi connectivity index (χ1v) is 6.80. The average molecular weight is 244 g/mol. The number of nitrogen functional groups attached to an aromatic ring is 1. The van der Waals surface area contributed by atoms with Crippen molar-refractivity contribution in [3.05, 3.63) is 23.2 Å². The topological polar surface area (TPSA) is 43.1 Å². The number of benzene rings is 1. The van der Waals surface area contributed by atoms with Crippen LogP contribution in [0.5, 0.6) is 0 Å². The largest absolute Gasteiger partial charge is 0.398 e. The van der Waals surface area contributed by atoms with E-state index in [0.29, 0.717) is 16.6 Å². The lowest BCUT2D eigenvalue weighted by Gasteiger charge is -2.24. The summed E-state index contributed by atoms with van der Waals surface area (Å²) in [6, 6.07) is 5.17. The molecule has 82 valence electrons. The Labute approximate surface area is 97.3 Å². The van der Waals surface area contributed by atoms with Crippen LogP contribution in [-0.2, 0) is 10.8 Å². The SMILES string of the molecule is Nc1cc(Cl)ccc1S(=O)CC1CCC1. The Bertz CT molecular complexity index is 390. The third kappa shape index (κ3) is 2.52. The van der Waals surface area contributed by atoms with Gasteiger partial charge in [-0.3, -0.25) is 4.21 Å². The molecule has 2 N–H and O–H groups in total. The predicted molar refractivity (Wildman–Crippen MR) is 64.5 cm³/mol. The van der Waals surface area contributed by atoms with Gasteiger partial charge in [0.2, 0.25) is 0 Å². The lowest BCUT2D eigenvalue weighted by molar-refractivity contribution is 0.350. The van der Waals surface area contributed by atoms with Gasteiger partial charge in [-0.25, -0.2) is 0 Å². The number of hydrogen-bond donors (Lipinski definition) is 1. The summed E-state index contributed by atoms with van der Waals surface area (Å²) in [7, 11) is -0.966. The maximum Gasteiger partial charge on any atom is 0.0618 e. The zero-order chi connectivity index (χ0) is 10.8. The number of rotatable bonds is 3. The van der Waals surface area contributed by atoms with Crippen molar-refractivity contribution in [2.75, 3.05) is 11.5 Å². The predicted octanol–water partition coefficient (Wildman–Crippen LogP) is 2.83. The van der Waals surface area contributed by atoms with Crippen LogP contribution in [0.4, 0.5) is 5.69 Å². The lowest BCUT2D eigenvalue weighted by Crippen LogP contribution is -2.19. The Morgan fingerprint density at radius 2 is 2.20 bits per heavy atom. The molecule has 0 spiro atoms. The quantitative estimate of drug-likeness (QED) is 0.830. The fraction of sp³-hybridized carbons (Fsp3) is 0.455. The van der Waals surface area contributed by atoms with Gasteiger partial charge in [-0.05, 0) is 37.0 Å². The molecule has 0 radical (unpaired) electrons. The molecule has 0 bridgehead atoms. The fourth-order valence-corrected chi connectivity index (χ4v) is 3.35. The monoisotopic (exact) mass is 243 g/mol. The van der Waals surface area contributed by atoms with E-state index >= 15 is 0 Å². The van der Waals surface area contributed by atoms with Crippen LogP contribution < -0.4 is 5.73 Å². The molecule has 0 saturated heterocycles. The van der Waals surface area contributed by atoms with Crippen molar-refractivity contribution in [1.29, 1.82) is 0 Å². The first kappa shape index (κ1) is 11.0. The first-order valence-electron chi connectivity index (χ1n) is 5.10. The minimum absolute atomic E-state index is 0.542. The van der Waals surface area contributed by atoms with E-state index in [2.05, 4.69) is 0 Å². The summed E-state index contributed by atoms with van der Waals surface area (Å²) in [5, 5.41) is 0.594. The molecule has 1 saturated carbocycles. The maximum atomic E-state index is 12.0. The minimum atomic E-state index is -0.966. The van der Waals surface area contributed by atoms with E-state index in [0.717, 1.165) is 10.6 Å². The van der Waals surface area contributed by atoms with E-state index in [1.807, 2.05) is 0 Å². The third-order valence-electron chi connectivity index (χ3n) is 2.83. The molecule has 15 heavy (non-hydrogen) atoms. The highest BCUT2D eigenvalue weighted by atomic mass is 35.5. The van der Waals surface area contributed by atoms with Crippen LogP contribution in [0.2, 0.25) is 5.02 Å². The Hall–Kier alpha value is -0.540. The molecule has 1 aliphatic carbocycles. The Morgan fingerprint density at radius 1 is 1.47 bits per heavy atom. The second kappa shape index (κ2) is 4.54.